The van der Waals surface area contributed by atoms with Crippen LogP contribution in [0.5, 0.6) is 5.75 Å². The Morgan fingerprint density at radius 2 is 1.70 bits per heavy atom. The van der Waals surface area contributed by atoms with Crippen LogP contribution in [0.25, 0.3) is 0 Å². The molecule has 1 aromatic carbocycles. The number of benzene rings is 1. The Morgan fingerprint density at radius 1 is 1.06 bits per heavy atom. The number of alkyl carbamates (subject to hydrolysis) is 1. The van der Waals surface area contributed by atoms with Crippen molar-refractivity contribution in [2.45, 2.75) is 71.2 Å². The number of carboxylic acids is 1. The molecule has 0 saturated carbocycles. The van der Waals surface area contributed by atoms with Gasteiger partial charge < -0.3 is 34.2 Å². The summed E-state index contributed by atoms with van der Waals surface area (Å²) in [6.07, 6.45) is -2.38. The van der Waals surface area contributed by atoms with Crippen LogP contribution >= 0.6 is 0 Å². The SMILES string of the molecule is COc1ccc(COC(=O)NC(CCCC(=O)N[C@H]2C(=O)N3C(C(=O)[O-])=C(COC(C)=O)CS(=O)(=O)[C@@H]23)OC(=O)C(C)(C)C)cc1.[K+]. The molecule has 2 N–H and O–H groups in total. The van der Waals surface area contributed by atoms with Gasteiger partial charge in [0.1, 0.15) is 25.0 Å². The summed E-state index contributed by atoms with van der Waals surface area (Å²) in [6.45, 7) is 5.12. The monoisotopic (exact) mass is 705 g/mol. The summed E-state index contributed by atoms with van der Waals surface area (Å²) in [7, 11) is -2.68. The number of nitrogens with one attached hydrogen (secondary N) is 2. The number of hydrogen-bond donors (Lipinski definition) is 2. The zero-order valence-electron chi connectivity index (χ0n) is 26.9. The molecule has 3 atom stereocenters. The van der Waals surface area contributed by atoms with E-state index in [4.69, 9.17) is 18.9 Å². The van der Waals surface area contributed by atoms with Crippen LogP contribution in [-0.4, -0.2) is 86.2 Å². The number of sulfone groups is 1. The zero-order valence-corrected chi connectivity index (χ0v) is 30.9. The van der Waals surface area contributed by atoms with Crippen LogP contribution in [0.3, 0.4) is 0 Å². The molecule has 16 nitrogen and oxygen atoms in total. The van der Waals surface area contributed by atoms with Gasteiger partial charge in [0.25, 0.3) is 5.91 Å². The maximum Gasteiger partial charge on any atom is 1.00 e. The number of fused-ring (bicyclic) bond motifs is 1. The van der Waals surface area contributed by atoms with Gasteiger partial charge in [-0.1, -0.05) is 12.1 Å². The maximum atomic E-state index is 12.9. The fourth-order valence-corrected chi connectivity index (χ4v) is 6.52. The van der Waals surface area contributed by atoms with Crippen molar-refractivity contribution in [3.8, 4) is 5.75 Å². The first-order valence-corrected chi connectivity index (χ1v) is 15.8. The van der Waals surface area contributed by atoms with Crippen LogP contribution in [0.15, 0.2) is 35.5 Å². The largest absolute Gasteiger partial charge is 1.00 e. The molecule has 252 valence electrons. The van der Waals surface area contributed by atoms with Crippen LogP contribution in [0.2, 0.25) is 0 Å². The van der Waals surface area contributed by atoms with Gasteiger partial charge in [0, 0.05) is 25.3 Å². The number of nitrogens with zero attached hydrogens (tertiary/aromatic N) is 1. The van der Waals surface area contributed by atoms with E-state index in [-0.39, 0.29) is 82.8 Å². The van der Waals surface area contributed by atoms with E-state index in [2.05, 4.69) is 10.6 Å². The smallest absolute Gasteiger partial charge is 0.543 e. The van der Waals surface area contributed by atoms with Crippen LogP contribution in [-0.2, 0) is 54.6 Å². The standard InChI is InChI=1S/C29H37N3O13S.K/c1-16(33)43-14-18-15-46(40,41)25-22(24(35)32(25)23(18)26(36)37)30-20(34)7-6-8-21(45-27(38)29(2,3)4)31-28(39)44-13-17-9-11-19(42-5)12-10-17;/h9-12,21-22,25H,6-8,13-15H2,1-5H3,(H,30,34)(H,31,39)(H,36,37);/q;+1/p-1/t21?,22-,25-;/m0./s1. The van der Waals surface area contributed by atoms with E-state index >= 15 is 0 Å². The molecule has 1 aromatic rings. The minimum atomic E-state index is -4.19. The first kappa shape index (κ1) is 40.1. The molecular weight excluding hydrogens is 669 g/mol. The number of aliphatic carboxylic acids is 1. The molecule has 0 aromatic heterocycles. The minimum Gasteiger partial charge on any atom is -0.543 e. The van der Waals surface area contributed by atoms with Gasteiger partial charge in [0.15, 0.2) is 21.4 Å². The summed E-state index contributed by atoms with van der Waals surface area (Å²) in [5, 5.41) is 14.8. The number of hydrogen-bond acceptors (Lipinski definition) is 13. The number of carbonyl (C=O) groups excluding carboxylic acids is 6. The summed E-state index contributed by atoms with van der Waals surface area (Å²) in [5.41, 5.74) is -1.31. The molecule has 47 heavy (non-hydrogen) atoms. The summed E-state index contributed by atoms with van der Waals surface area (Å²) >= 11 is 0. The zero-order chi connectivity index (χ0) is 34.4. The molecule has 0 spiro atoms. The van der Waals surface area contributed by atoms with Crippen molar-refractivity contribution < 1.29 is 113 Å². The number of methoxy groups -OCH3 is 1. The van der Waals surface area contributed by atoms with Gasteiger partial charge in [0.05, 0.1) is 29.9 Å². The molecule has 1 fully saturated rings. The Labute approximate surface area is 314 Å². The first-order chi connectivity index (χ1) is 21.4. The van der Waals surface area contributed by atoms with E-state index in [1.165, 1.54) is 7.11 Å². The Bertz CT molecular complexity index is 1520. The van der Waals surface area contributed by atoms with Crippen LogP contribution in [0.1, 0.15) is 52.5 Å². The number of amides is 3. The third kappa shape index (κ3) is 10.7. The average molecular weight is 706 g/mol. The normalized spacial score (nSPS) is 18.7. The molecule has 0 radical (unpaired) electrons. The Hall–Kier alpha value is -3.03. The first-order valence-electron chi connectivity index (χ1n) is 14.1. The Kier molecular flexibility index (Phi) is 14.4. The van der Waals surface area contributed by atoms with E-state index in [0.29, 0.717) is 16.2 Å². The summed E-state index contributed by atoms with van der Waals surface area (Å²) in [5.74, 6) is -5.22. The van der Waals surface area contributed by atoms with E-state index in [9.17, 15) is 42.3 Å². The van der Waals surface area contributed by atoms with Gasteiger partial charge in [-0.15, -0.1) is 0 Å². The van der Waals surface area contributed by atoms with Crippen molar-refractivity contribution >= 4 is 45.7 Å². The third-order valence-corrected chi connectivity index (χ3v) is 8.83. The van der Waals surface area contributed by atoms with Crippen molar-refractivity contribution in [3.05, 3.63) is 41.1 Å². The predicted octanol–water partition coefficient (Wildman–Crippen LogP) is -3.34. The number of rotatable bonds is 13. The molecule has 1 unspecified atom stereocenters. The van der Waals surface area contributed by atoms with Crippen molar-refractivity contribution in [2.24, 2.45) is 5.41 Å². The van der Waals surface area contributed by atoms with E-state index < -0.39 is 86.8 Å². The van der Waals surface area contributed by atoms with Crippen molar-refractivity contribution in [3.63, 3.8) is 0 Å². The molecular formula is C29H36KN3O13S. The Balaban J connectivity index is 0.00000768. The fraction of sp³-hybridized carbons (Fsp3) is 0.517. The number of β-lactam (4-membered cyclic amide) rings is 1. The quantitative estimate of drug-likeness (QED) is 0.0674. The number of carbonyl (C=O) groups is 6. The second kappa shape index (κ2) is 16.9. The van der Waals surface area contributed by atoms with Crippen LogP contribution in [0, 0.1) is 5.41 Å². The summed E-state index contributed by atoms with van der Waals surface area (Å²) < 4.78 is 46.3. The molecule has 2 aliphatic rings. The molecule has 1 saturated heterocycles. The van der Waals surface area contributed by atoms with Gasteiger partial charge in [-0.3, -0.25) is 29.4 Å². The number of esters is 2. The molecule has 0 aliphatic carbocycles. The van der Waals surface area contributed by atoms with E-state index in [1.807, 2.05) is 0 Å². The Morgan fingerprint density at radius 3 is 2.26 bits per heavy atom. The molecule has 3 amide bonds. The van der Waals surface area contributed by atoms with Crippen LogP contribution < -0.4 is 71.9 Å². The van der Waals surface area contributed by atoms with Crippen molar-refractivity contribution in [1.29, 1.82) is 0 Å². The van der Waals surface area contributed by atoms with Crippen molar-refractivity contribution in [1.82, 2.24) is 15.5 Å². The second-order valence-electron chi connectivity index (χ2n) is 11.6. The predicted molar refractivity (Wildman–Crippen MR) is 155 cm³/mol. The van der Waals surface area contributed by atoms with Gasteiger partial charge >= 0.3 is 69.4 Å². The summed E-state index contributed by atoms with van der Waals surface area (Å²) in [4.78, 5) is 74.0. The molecule has 3 rings (SSSR count). The fourth-order valence-electron chi connectivity index (χ4n) is 4.51. The number of carboxylic acid groups (broad SMARTS) is 1. The van der Waals surface area contributed by atoms with E-state index in [0.717, 1.165) is 6.92 Å². The second-order valence-corrected chi connectivity index (χ2v) is 13.7. The van der Waals surface area contributed by atoms with Crippen molar-refractivity contribution in [2.75, 3.05) is 19.5 Å². The molecule has 2 aliphatic heterocycles. The maximum absolute atomic E-state index is 12.9. The van der Waals surface area contributed by atoms with Gasteiger partial charge in [0.2, 0.25) is 5.91 Å². The molecule has 18 heteroatoms. The summed E-state index contributed by atoms with van der Waals surface area (Å²) in [6, 6.07) is 5.21. The van der Waals surface area contributed by atoms with E-state index in [1.54, 1.807) is 45.0 Å². The number of ether oxygens (including phenoxy) is 4. The topological polar surface area (TPSA) is 224 Å². The minimum absolute atomic E-state index is 0. The van der Waals surface area contributed by atoms with Gasteiger partial charge in [-0.05, 0) is 44.9 Å². The average Bonchev–Trinajstić information content (AvgIpc) is 2.96. The van der Waals surface area contributed by atoms with Gasteiger partial charge in [-0.2, -0.15) is 0 Å². The third-order valence-electron chi connectivity index (χ3n) is 6.86. The molecule has 2 heterocycles. The van der Waals surface area contributed by atoms with Crippen LogP contribution in [0.4, 0.5) is 4.79 Å². The van der Waals surface area contributed by atoms with Gasteiger partial charge in [-0.25, -0.2) is 13.2 Å². The molecule has 0 bridgehead atoms.